The predicted molar refractivity (Wildman–Crippen MR) is 113 cm³/mol. The second kappa shape index (κ2) is 11.4. The third-order valence-corrected chi connectivity index (χ3v) is 7.74. The van der Waals surface area contributed by atoms with Gasteiger partial charge in [0.05, 0.1) is 30.8 Å². The van der Waals surface area contributed by atoms with Crippen LogP contribution in [-0.2, 0) is 28.9 Å². The molecule has 0 radical (unpaired) electrons. The van der Waals surface area contributed by atoms with Crippen molar-refractivity contribution < 1.29 is 27.5 Å². The fraction of sp³-hybridized carbons (Fsp3) is 0.900. The minimum absolute atomic E-state index is 0.00144. The first-order chi connectivity index (χ1) is 13.1. The molecule has 0 saturated heterocycles. The highest BCUT2D eigenvalue weighted by molar-refractivity contribution is 7.98. The number of rotatable bonds is 6. The maximum Gasteiger partial charge on any atom is 0.312 e. The lowest BCUT2D eigenvalue weighted by molar-refractivity contribution is -0.154. The van der Waals surface area contributed by atoms with Crippen molar-refractivity contribution in [1.29, 1.82) is 0 Å². The highest BCUT2D eigenvalue weighted by atomic mass is 32.2. The summed E-state index contributed by atoms with van der Waals surface area (Å²) in [6.45, 7) is 0. The van der Waals surface area contributed by atoms with Gasteiger partial charge in [0, 0.05) is 12.0 Å². The molecule has 8 heteroatoms. The van der Waals surface area contributed by atoms with Crippen LogP contribution in [0.4, 0.5) is 0 Å². The van der Waals surface area contributed by atoms with Crippen molar-refractivity contribution >= 4 is 33.5 Å². The summed E-state index contributed by atoms with van der Waals surface area (Å²) < 4.78 is 32.3. The molecular weight excluding hydrogens is 400 g/mol. The van der Waals surface area contributed by atoms with Crippen LogP contribution in [0.2, 0.25) is 0 Å². The van der Waals surface area contributed by atoms with E-state index < -0.39 is 15.3 Å². The molecule has 0 atom stereocenters. The van der Waals surface area contributed by atoms with E-state index in [0.717, 1.165) is 37.9 Å². The van der Waals surface area contributed by atoms with Crippen molar-refractivity contribution in [2.45, 2.75) is 64.2 Å². The van der Waals surface area contributed by atoms with Crippen molar-refractivity contribution in [3.05, 3.63) is 0 Å². The molecule has 0 unspecified atom stereocenters. The maximum absolute atomic E-state index is 11.7. The average Bonchev–Trinajstić information content (AvgIpc) is 2.67. The van der Waals surface area contributed by atoms with Crippen LogP contribution in [0.5, 0.6) is 0 Å². The highest BCUT2D eigenvalue weighted by Crippen LogP contribution is 2.40. The van der Waals surface area contributed by atoms with Crippen LogP contribution in [0.15, 0.2) is 0 Å². The van der Waals surface area contributed by atoms with E-state index in [4.69, 9.17) is 9.47 Å². The molecule has 0 aliphatic heterocycles. The first-order valence-electron chi connectivity index (χ1n) is 9.98. The second-order valence-corrected chi connectivity index (χ2v) is 11.2. The number of esters is 2. The zero-order chi connectivity index (χ0) is 21.3. The average molecular weight is 437 g/mol. The van der Waals surface area contributed by atoms with E-state index >= 15 is 0 Å². The van der Waals surface area contributed by atoms with Crippen LogP contribution in [0, 0.1) is 10.8 Å². The van der Waals surface area contributed by atoms with Gasteiger partial charge in [0.15, 0.2) is 0 Å². The lowest BCUT2D eigenvalue weighted by atomic mass is 9.75. The lowest BCUT2D eigenvalue weighted by Gasteiger charge is -2.33. The van der Waals surface area contributed by atoms with E-state index in [1.165, 1.54) is 39.7 Å². The predicted octanol–water partition coefficient (Wildman–Crippen LogP) is 3.63. The molecule has 0 spiro atoms. The summed E-state index contributed by atoms with van der Waals surface area (Å²) in [5, 5.41) is 0. The fourth-order valence-electron chi connectivity index (χ4n) is 4.48. The highest BCUT2D eigenvalue weighted by Gasteiger charge is 2.43. The molecule has 0 heterocycles. The summed E-state index contributed by atoms with van der Waals surface area (Å²) in [7, 11) is -0.319. The Bertz CT molecular complexity index is 597. The molecule has 0 aromatic heterocycles. The molecule has 0 aromatic rings. The summed E-state index contributed by atoms with van der Waals surface area (Å²) in [6, 6.07) is 0. The Balaban J connectivity index is 0.000000283. The minimum atomic E-state index is -3.14. The summed E-state index contributed by atoms with van der Waals surface area (Å²) in [4.78, 5) is 23.3. The normalized spacial score (nSPS) is 21.0. The molecule has 2 saturated carbocycles. The van der Waals surface area contributed by atoms with E-state index in [-0.39, 0.29) is 23.1 Å². The van der Waals surface area contributed by atoms with Gasteiger partial charge in [-0.25, -0.2) is 8.42 Å². The molecular formula is C20H36O6S2. The molecule has 0 aromatic carbocycles. The molecule has 0 N–H and O–H groups in total. The van der Waals surface area contributed by atoms with Crippen molar-refractivity contribution in [2.75, 3.05) is 38.2 Å². The number of hydrogen-bond acceptors (Lipinski definition) is 7. The van der Waals surface area contributed by atoms with Crippen molar-refractivity contribution in [3.63, 3.8) is 0 Å². The Hall–Kier alpha value is -0.760. The SMILES string of the molecule is COC(=O)C1(CS(C)(=O)=O)CCCCC1.COC(=O)C1(CSC)CCCCC1. The van der Waals surface area contributed by atoms with Gasteiger partial charge in [-0.3, -0.25) is 9.59 Å². The Kier molecular flexibility index (Phi) is 10.3. The monoisotopic (exact) mass is 436 g/mol. The Morgan fingerprint density at radius 2 is 1.21 bits per heavy atom. The molecule has 28 heavy (non-hydrogen) atoms. The number of hydrogen-bond donors (Lipinski definition) is 0. The van der Waals surface area contributed by atoms with E-state index in [9.17, 15) is 18.0 Å². The summed E-state index contributed by atoms with van der Waals surface area (Å²) in [5.41, 5.74) is -0.937. The third-order valence-electron chi connectivity index (χ3n) is 5.82. The van der Waals surface area contributed by atoms with Gasteiger partial charge in [0.2, 0.25) is 0 Å². The molecule has 164 valence electrons. The zero-order valence-corrected chi connectivity index (χ0v) is 19.4. The smallest absolute Gasteiger partial charge is 0.312 e. The fourth-order valence-corrected chi connectivity index (χ4v) is 6.85. The van der Waals surface area contributed by atoms with E-state index in [2.05, 4.69) is 6.26 Å². The second-order valence-electron chi connectivity index (χ2n) is 8.17. The van der Waals surface area contributed by atoms with E-state index in [0.29, 0.717) is 12.8 Å². The van der Waals surface area contributed by atoms with Crippen molar-refractivity contribution in [1.82, 2.24) is 0 Å². The van der Waals surface area contributed by atoms with Gasteiger partial charge in [0.1, 0.15) is 9.84 Å². The van der Waals surface area contributed by atoms with Gasteiger partial charge >= 0.3 is 11.9 Å². The molecule has 2 aliphatic rings. The standard InChI is InChI=1S/C10H18O4S.C10H18O2S/c1-14-9(11)10(8-15(2,12)13)6-4-3-5-7-10;1-12-9(11)10(8-13-2)6-4-3-5-7-10/h3-8H2,1-2H3;3-8H2,1-2H3. The van der Waals surface area contributed by atoms with Crippen molar-refractivity contribution in [3.8, 4) is 0 Å². The van der Waals surface area contributed by atoms with Crippen LogP contribution in [0.25, 0.3) is 0 Å². The lowest BCUT2D eigenvalue weighted by Crippen LogP contribution is -2.40. The largest absolute Gasteiger partial charge is 0.469 e. The summed E-state index contributed by atoms with van der Waals surface area (Å²) in [5.74, 6) is 0.473. The number of carbonyl (C=O) groups excluding carboxylic acids is 2. The number of thioether (sulfide) groups is 1. The molecule has 0 bridgehead atoms. The van der Waals surface area contributed by atoms with Crippen LogP contribution in [-0.4, -0.2) is 58.6 Å². The number of sulfone groups is 1. The quantitative estimate of drug-likeness (QED) is 0.588. The van der Waals surface area contributed by atoms with Gasteiger partial charge in [-0.15, -0.1) is 0 Å². The minimum Gasteiger partial charge on any atom is -0.469 e. The Labute approximate surface area is 174 Å². The molecule has 2 aliphatic carbocycles. The van der Waals surface area contributed by atoms with Gasteiger partial charge < -0.3 is 9.47 Å². The van der Waals surface area contributed by atoms with Crippen LogP contribution in [0.3, 0.4) is 0 Å². The third kappa shape index (κ3) is 7.25. The first kappa shape index (κ1) is 25.3. The van der Waals surface area contributed by atoms with Crippen molar-refractivity contribution in [2.24, 2.45) is 10.8 Å². The summed E-state index contributed by atoms with van der Waals surface area (Å²) in [6.07, 6.45) is 13.0. The topological polar surface area (TPSA) is 86.7 Å². The van der Waals surface area contributed by atoms with Gasteiger partial charge in [0.25, 0.3) is 0 Å². The van der Waals surface area contributed by atoms with Crippen LogP contribution in [0.1, 0.15) is 64.2 Å². The molecule has 2 rings (SSSR count). The Morgan fingerprint density at radius 3 is 1.57 bits per heavy atom. The zero-order valence-electron chi connectivity index (χ0n) is 17.8. The number of methoxy groups -OCH3 is 2. The van der Waals surface area contributed by atoms with Gasteiger partial charge in [-0.2, -0.15) is 11.8 Å². The molecule has 2 fully saturated rings. The maximum atomic E-state index is 11.7. The van der Waals surface area contributed by atoms with Crippen LogP contribution >= 0.6 is 11.8 Å². The van der Waals surface area contributed by atoms with Crippen LogP contribution < -0.4 is 0 Å². The molecule has 0 amide bonds. The Morgan fingerprint density at radius 1 is 0.821 bits per heavy atom. The van der Waals surface area contributed by atoms with Gasteiger partial charge in [-0.1, -0.05) is 38.5 Å². The summed E-state index contributed by atoms with van der Waals surface area (Å²) >= 11 is 1.75. The van der Waals surface area contributed by atoms with E-state index in [1.807, 2.05) is 0 Å². The van der Waals surface area contributed by atoms with Gasteiger partial charge in [-0.05, 0) is 31.9 Å². The number of carbonyl (C=O) groups is 2. The molecule has 6 nitrogen and oxygen atoms in total. The first-order valence-corrected chi connectivity index (χ1v) is 13.4. The van der Waals surface area contributed by atoms with E-state index in [1.54, 1.807) is 11.8 Å². The number of ether oxygens (including phenoxy) is 2.